The van der Waals surface area contributed by atoms with Crippen molar-refractivity contribution in [3.8, 4) is 5.75 Å². The second-order valence-corrected chi connectivity index (χ2v) is 3.24. The topological polar surface area (TPSA) is 49.3 Å². The van der Waals surface area contributed by atoms with Gasteiger partial charge in [0.1, 0.15) is 0 Å². The molecule has 0 aliphatic heterocycles. The number of nitrogens with one attached hydrogen (secondary N) is 1. The molecule has 13 heavy (non-hydrogen) atoms. The molecular formula is C8H7Cl2NO2. The van der Waals surface area contributed by atoms with Crippen LogP contribution in [0.1, 0.15) is 5.56 Å². The van der Waals surface area contributed by atoms with Crippen molar-refractivity contribution in [1.82, 2.24) is 0 Å². The van der Waals surface area contributed by atoms with Crippen LogP contribution in [0.25, 0.3) is 0 Å². The number of hydrogen-bond donors (Lipinski definition) is 2. The molecule has 0 aliphatic rings. The number of anilines is 1. The number of benzene rings is 1. The highest BCUT2D eigenvalue weighted by Gasteiger charge is 2.11. The maximum absolute atomic E-state index is 10.1. The van der Waals surface area contributed by atoms with Gasteiger partial charge in [-0.25, -0.2) is 0 Å². The lowest BCUT2D eigenvalue weighted by Gasteiger charge is -2.08. The molecule has 0 aliphatic carbocycles. The number of aromatic hydroxyl groups is 1. The van der Waals surface area contributed by atoms with Gasteiger partial charge >= 0.3 is 0 Å². The van der Waals surface area contributed by atoms with Gasteiger partial charge in [-0.3, -0.25) is 4.79 Å². The molecule has 0 heterocycles. The lowest BCUT2D eigenvalue weighted by atomic mass is 10.2. The van der Waals surface area contributed by atoms with Crippen LogP contribution >= 0.6 is 23.2 Å². The summed E-state index contributed by atoms with van der Waals surface area (Å²) in [7, 11) is 0. The molecule has 0 saturated carbocycles. The molecule has 1 rings (SSSR count). The van der Waals surface area contributed by atoms with Crippen molar-refractivity contribution in [2.75, 3.05) is 5.32 Å². The molecule has 0 spiro atoms. The summed E-state index contributed by atoms with van der Waals surface area (Å²) in [6, 6.07) is 1.44. The molecular weight excluding hydrogens is 213 g/mol. The van der Waals surface area contributed by atoms with E-state index in [0.717, 1.165) is 0 Å². The van der Waals surface area contributed by atoms with E-state index >= 15 is 0 Å². The summed E-state index contributed by atoms with van der Waals surface area (Å²) in [5, 5.41) is 12.3. The zero-order chi connectivity index (χ0) is 10.0. The Morgan fingerprint density at radius 1 is 1.54 bits per heavy atom. The molecule has 1 amide bonds. The van der Waals surface area contributed by atoms with Crippen molar-refractivity contribution in [3.63, 3.8) is 0 Å². The van der Waals surface area contributed by atoms with Crippen LogP contribution in [0.3, 0.4) is 0 Å². The van der Waals surface area contributed by atoms with Crippen molar-refractivity contribution >= 4 is 35.3 Å². The van der Waals surface area contributed by atoms with E-state index in [-0.39, 0.29) is 16.5 Å². The summed E-state index contributed by atoms with van der Waals surface area (Å²) in [6.07, 6.45) is 0.442. The first-order valence-corrected chi connectivity index (χ1v) is 4.21. The van der Waals surface area contributed by atoms with E-state index in [0.29, 0.717) is 17.0 Å². The minimum Gasteiger partial charge on any atom is -0.504 e. The summed E-state index contributed by atoms with van der Waals surface area (Å²) < 4.78 is 0. The van der Waals surface area contributed by atoms with Crippen molar-refractivity contribution in [3.05, 3.63) is 21.7 Å². The monoisotopic (exact) mass is 219 g/mol. The summed E-state index contributed by atoms with van der Waals surface area (Å²) in [5.41, 5.74) is 0.785. The molecule has 0 fully saturated rings. The molecule has 70 valence electrons. The zero-order valence-electron chi connectivity index (χ0n) is 6.77. The van der Waals surface area contributed by atoms with E-state index in [9.17, 15) is 9.90 Å². The number of carbonyl (C=O) groups is 1. The fourth-order valence-electron chi connectivity index (χ4n) is 0.878. The number of phenolic OH excluding ortho intramolecular Hbond substituents is 1. The Kier molecular flexibility index (Phi) is 3.01. The molecule has 1 aromatic rings. The Hall–Kier alpha value is -0.930. The van der Waals surface area contributed by atoms with E-state index in [1.54, 1.807) is 6.92 Å². The lowest BCUT2D eigenvalue weighted by molar-refractivity contribution is -0.105. The van der Waals surface area contributed by atoms with Crippen LogP contribution in [-0.2, 0) is 4.79 Å². The molecule has 0 saturated heterocycles. The Morgan fingerprint density at radius 2 is 2.15 bits per heavy atom. The maximum atomic E-state index is 10.1. The highest BCUT2D eigenvalue weighted by atomic mass is 35.5. The average Bonchev–Trinajstić information content (AvgIpc) is 2.11. The van der Waals surface area contributed by atoms with Crippen molar-refractivity contribution in [1.29, 1.82) is 0 Å². The van der Waals surface area contributed by atoms with E-state index in [4.69, 9.17) is 23.2 Å². The number of halogens is 2. The molecule has 0 radical (unpaired) electrons. The first-order valence-electron chi connectivity index (χ1n) is 3.45. The first kappa shape index (κ1) is 10.2. The minimum absolute atomic E-state index is 0.150. The van der Waals surface area contributed by atoms with E-state index < -0.39 is 0 Å². The van der Waals surface area contributed by atoms with Gasteiger partial charge < -0.3 is 10.4 Å². The fraction of sp³-hybridized carbons (Fsp3) is 0.125. The molecule has 0 aromatic heterocycles. The van der Waals surface area contributed by atoms with E-state index in [2.05, 4.69) is 5.32 Å². The molecule has 0 unspecified atom stereocenters. The zero-order valence-corrected chi connectivity index (χ0v) is 8.28. The minimum atomic E-state index is -0.171. The van der Waals surface area contributed by atoms with Crippen molar-refractivity contribution in [2.24, 2.45) is 0 Å². The number of rotatable bonds is 2. The third-order valence-electron chi connectivity index (χ3n) is 1.64. The first-order chi connectivity index (χ1) is 6.07. The molecule has 2 N–H and O–H groups in total. The van der Waals surface area contributed by atoms with Gasteiger partial charge in [0.2, 0.25) is 6.41 Å². The van der Waals surface area contributed by atoms with Crippen molar-refractivity contribution < 1.29 is 9.90 Å². The quantitative estimate of drug-likeness (QED) is 0.594. The normalized spacial score (nSPS) is 9.77. The molecule has 3 nitrogen and oxygen atoms in total. The standard InChI is InChI=1S/C8H7Cl2NO2/c1-4-5(9)2-6(11-3-12)8(13)7(4)10/h2-3,13H,1H3,(H,11,12). The van der Waals surface area contributed by atoms with Gasteiger partial charge in [0.05, 0.1) is 10.7 Å². The van der Waals surface area contributed by atoms with E-state index in [1.807, 2.05) is 0 Å². The SMILES string of the molecule is Cc1c(Cl)cc(NC=O)c(O)c1Cl. The smallest absolute Gasteiger partial charge is 0.211 e. The third-order valence-corrected chi connectivity index (χ3v) is 2.49. The second-order valence-electron chi connectivity index (χ2n) is 2.46. The van der Waals surface area contributed by atoms with Crippen LogP contribution in [0, 0.1) is 6.92 Å². The third kappa shape index (κ3) is 1.87. The summed E-state index contributed by atoms with van der Waals surface area (Å²) >= 11 is 11.5. The van der Waals surface area contributed by atoms with Gasteiger partial charge in [-0.2, -0.15) is 0 Å². The highest BCUT2D eigenvalue weighted by Crippen LogP contribution is 2.38. The van der Waals surface area contributed by atoms with Crippen LogP contribution < -0.4 is 5.32 Å². The number of phenols is 1. The number of hydrogen-bond acceptors (Lipinski definition) is 2. The number of amides is 1. The average molecular weight is 220 g/mol. The van der Waals surface area contributed by atoms with Gasteiger partial charge in [-0.1, -0.05) is 23.2 Å². The van der Waals surface area contributed by atoms with Gasteiger partial charge in [-0.05, 0) is 18.6 Å². The van der Waals surface area contributed by atoms with Crippen LogP contribution in [0.15, 0.2) is 6.07 Å². The van der Waals surface area contributed by atoms with Gasteiger partial charge in [0, 0.05) is 5.02 Å². The largest absolute Gasteiger partial charge is 0.504 e. The molecule has 0 bridgehead atoms. The Bertz CT molecular complexity index is 352. The summed E-state index contributed by atoms with van der Waals surface area (Å²) in [5.74, 6) is -0.171. The van der Waals surface area contributed by atoms with Crippen LogP contribution in [-0.4, -0.2) is 11.5 Å². The molecule has 5 heteroatoms. The van der Waals surface area contributed by atoms with Crippen molar-refractivity contribution in [2.45, 2.75) is 6.92 Å². The van der Waals surface area contributed by atoms with E-state index in [1.165, 1.54) is 6.07 Å². The predicted octanol–water partition coefficient (Wildman–Crippen LogP) is 2.58. The lowest BCUT2D eigenvalue weighted by Crippen LogP contribution is -1.95. The number of carbonyl (C=O) groups excluding carboxylic acids is 1. The summed E-state index contributed by atoms with van der Waals surface area (Å²) in [6.45, 7) is 1.68. The van der Waals surface area contributed by atoms with Gasteiger partial charge in [0.25, 0.3) is 0 Å². The Labute approximate surface area is 85.3 Å². The van der Waals surface area contributed by atoms with Gasteiger partial charge in [-0.15, -0.1) is 0 Å². The van der Waals surface area contributed by atoms with Crippen LogP contribution in [0.4, 0.5) is 5.69 Å². The summed E-state index contributed by atoms with van der Waals surface area (Å²) in [4.78, 5) is 10.1. The fourth-order valence-corrected chi connectivity index (χ4v) is 1.33. The Morgan fingerprint density at radius 3 is 2.69 bits per heavy atom. The van der Waals surface area contributed by atoms with Gasteiger partial charge in [0.15, 0.2) is 5.75 Å². The Balaban J connectivity index is 3.31. The molecule has 0 atom stereocenters. The molecule has 1 aromatic carbocycles. The van der Waals surface area contributed by atoms with Crippen LogP contribution in [0.2, 0.25) is 10.0 Å². The highest BCUT2D eigenvalue weighted by molar-refractivity contribution is 6.37. The predicted molar refractivity (Wildman–Crippen MR) is 52.6 cm³/mol. The second kappa shape index (κ2) is 3.85. The maximum Gasteiger partial charge on any atom is 0.211 e. The van der Waals surface area contributed by atoms with Crippen LogP contribution in [0.5, 0.6) is 5.75 Å².